The van der Waals surface area contributed by atoms with Crippen molar-refractivity contribution in [2.45, 2.75) is 76.9 Å². The first-order chi connectivity index (χ1) is 17.0. The predicted octanol–water partition coefficient (Wildman–Crippen LogP) is 5.21. The monoisotopic (exact) mass is 478 g/mol. The molecule has 4 rings (SSSR count). The number of nitrogens with zero attached hydrogens (tertiary/aromatic N) is 4. The topological polar surface area (TPSA) is 86.2 Å². The lowest BCUT2D eigenvalue weighted by Gasteiger charge is -2.27. The van der Waals surface area contributed by atoms with E-state index in [1.54, 1.807) is 0 Å². The second-order valence-electron chi connectivity index (χ2n) is 10.5. The van der Waals surface area contributed by atoms with Gasteiger partial charge in [-0.25, -0.2) is 4.98 Å². The molecule has 7 heteroatoms. The van der Waals surface area contributed by atoms with E-state index in [2.05, 4.69) is 59.7 Å². The van der Waals surface area contributed by atoms with Gasteiger partial charge in [-0.2, -0.15) is 4.98 Å². The smallest absolute Gasteiger partial charge is 0.224 e. The largest absolute Gasteiger partial charge is 0.393 e. The van der Waals surface area contributed by atoms with Gasteiger partial charge in [-0.15, -0.1) is 0 Å². The molecule has 0 aromatic carbocycles. The standard InChI is InChI=1S/C28H42N6O/c1-4-5-16-29-28-31-18-25(27(33-28)32-23-11-13-24(35)14-12-23)26-15-10-22(17-30-26)21-8-6-20(7-9-21)19-34(2)3/h8,10,15,17-18,20,23-24,35H,4-7,9,11-14,16,19H2,1-3H3,(H2,29,31,32,33). The first-order valence-corrected chi connectivity index (χ1v) is 13.4. The fraction of sp³-hybridized carbons (Fsp3) is 0.607. The SMILES string of the molecule is CCCCNc1ncc(-c2ccc(C3=CCC(CN(C)C)CC3)cn2)c(NC2CCC(O)CC2)n1. The van der Waals surface area contributed by atoms with E-state index < -0.39 is 0 Å². The van der Waals surface area contributed by atoms with Gasteiger partial charge in [0.1, 0.15) is 5.82 Å². The molecule has 1 saturated carbocycles. The maximum Gasteiger partial charge on any atom is 0.224 e. The summed E-state index contributed by atoms with van der Waals surface area (Å²) in [4.78, 5) is 16.5. The summed E-state index contributed by atoms with van der Waals surface area (Å²) >= 11 is 0. The minimum atomic E-state index is -0.175. The van der Waals surface area contributed by atoms with Crippen molar-refractivity contribution in [2.75, 3.05) is 37.8 Å². The molecule has 1 fully saturated rings. The van der Waals surface area contributed by atoms with Crippen molar-refractivity contribution >= 4 is 17.3 Å². The van der Waals surface area contributed by atoms with Crippen LogP contribution in [-0.4, -0.2) is 64.3 Å². The maximum atomic E-state index is 9.90. The summed E-state index contributed by atoms with van der Waals surface area (Å²) < 4.78 is 0. The van der Waals surface area contributed by atoms with Gasteiger partial charge in [0.05, 0.1) is 17.4 Å². The molecule has 1 unspecified atom stereocenters. The lowest BCUT2D eigenvalue weighted by Crippen LogP contribution is -2.29. The highest BCUT2D eigenvalue weighted by Gasteiger charge is 2.22. The van der Waals surface area contributed by atoms with Crippen LogP contribution in [0.4, 0.5) is 11.8 Å². The third kappa shape index (κ3) is 7.24. The van der Waals surface area contributed by atoms with Crippen LogP contribution in [0.5, 0.6) is 0 Å². The van der Waals surface area contributed by atoms with Crippen LogP contribution < -0.4 is 10.6 Å². The number of aliphatic hydroxyl groups is 1. The van der Waals surface area contributed by atoms with Crippen LogP contribution in [-0.2, 0) is 0 Å². The molecule has 7 nitrogen and oxygen atoms in total. The molecule has 35 heavy (non-hydrogen) atoms. The summed E-state index contributed by atoms with van der Waals surface area (Å²) in [6.45, 7) is 4.19. The lowest BCUT2D eigenvalue weighted by atomic mass is 9.87. The zero-order chi connectivity index (χ0) is 24.6. The van der Waals surface area contributed by atoms with Crippen molar-refractivity contribution in [3.63, 3.8) is 0 Å². The summed E-state index contributed by atoms with van der Waals surface area (Å²) in [6, 6.07) is 4.59. The van der Waals surface area contributed by atoms with E-state index in [1.165, 1.54) is 17.6 Å². The van der Waals surface area contributed by atoms with Crippen LogP contribution in [0.2, 0.25) is 0 Å². The van der Waals surface area contributed by atoms with Gasteiger partial charge in [-0.3, -0.25) is 4.98 Å². The summed E-state index contributed by atoms with van der Waals surface area (Å²) in [5.74, 6) is 2.22. The second kappa shape index (κ2) is 12.5. The number of hydrogen-bond acceptors (Lipinski definition) is 7. The highest BCUT2D eigenvalue weighted by molar-refractivity contribution is 5.74. The lowest BCUT2D eigenvalue weighted by molar-refractivity contribution is 0.126. The fourth-order valence-electron chi connectivity index (χ4n) is 5.13. The Balaban J connectivity index is 1.50. The van der Waals surface area contributed by atoms with Gasteiger partial charge in [-0.1, -0.05) is 25.5 Å². The molecule has 0 radical (unpaired) electrons. The number of nitrogens with one attached hydrogen (secondary N) is 2. The predicted molar refractivity (Wildman–Crippen MR) is 144 cm³/mol. The molecule has 1 atom stereocenters. The molecule has 2 aromatic rings. The molecule has 0 aliphatic heterocycles. The van der Waals surface area contributed by atoms with Gasteiger partial charge in [-0.05, 0) is 88.6 Å². The number of anilines is 2. The van der Waals surface area contributed by atoms with Crippen molar-refractivity contribution in [3.8, 4) is 11.3 Å². The van der Waals surface area contributed by atoms with Gasteiger partial charge in [0, 0.05) is 31.5 Å². The molecule has 2 heterocycles. The van der Waals surface area contributed by atoms with Crippen LogP contribution in [0.15, 0.2) is 30.6 Å². The normalized spacial score (nSPS) is 22.7. The van der Waals surface area contributed by atoms with E-state index in [0.717, 1.165) is 87.4 Å². The Hall–Kier alpha value is -2.51. The Morgan fingerprint density at radius 1 is 1.06 bits per heavy atom. The highest BCUT2D eigenvalue weighted by atomic mass is 16.3. The van der Waals surface area contributed by atoms with Crippen molar-refractivity contribution < 1.29 is 5.11 Å². The molecule has 0 spiro atoms. The van der Waals surface area contributed by atoms with Crippen LogP contribution in [0, 0.1) is 5.92 Å². The van der Waals surface area contributed by atoms with E-state index >= 15 is 0 Å². The van der Waals surface area contributed by atoms with E-state index in [1.807, 2.05) is 12.4 Å². The van der Waals surface area contributed by atoms with E-state index in [9.17, 15) is 5.11 Å². The fourth-order valence-corrected chi connectivity index (χ4v) is 5.13. The van der Waals surface area contributed by atoms with Crippen LogP contribution in [0.1, 0.15) is 70.3 Å². The Bertz CT molecular complexity index is 966. The summed E-state index contributed by atoms with van der Waals surface area (Å²) in [7, 11) is 4.31. The van der Waals surface area contributed by atoms with Crippen molar-refractivity contribution in [2.24, 2.45) is 5.92 Å². The highest BCUT2D eigenvalue weighted by Crippen LogP contribution is 2.33. The van der Waals surface area contributed by atoms with E-state index in [-0.39, 0.29) is 6.10 Å². The zero-order valence-corrected chi connectivity index (χ0v) is 21.6. The molecule has 2 aromatic heterocycles. The van der Waals surface area contributed by atoms with Crippen molar-refractivity contribution in [1.29, 1.82) is 0 Å². The number of pyridine rings is 1. The van der Waals surface area contributed by atoms with Crippen LogP contribution >= 0.6 is 0 Å². The number of aromatic nitrogens is 3. The average Bonchev–Trinajstić information content (AvgIpc) is 2.86. The minimum absolute atomic E-state index is 0.175. The Labute approximate surface area is 210 Å². The molecular weight excluding hydrogens is 436 g/mol. The first kappa shape index (κ1) is 25.6. The third-order valence-corrected chi connectivity index (χ3v) is 7.19. The number of allylic oxidation sites excluding steroid dienone is 2. The van der Waals surface area contributed by atoms with Gasteiger partial charge in [0.25, 0.3) is 0 Å². The average molecular weight is 479 g/mol. The number of unbranched alkanes of at least 4 members (excludes halogenated alkanes) is 1. The van der Waals surface area contributed by atoms with Crippen molar-refractivity contribution in [3.05, 3.63) is 36.2 Å². The molecular formula is C28H42N6O. The molecule has 0 amide bonds. The Kier molecular flexibility index (Phi) is 9.10. The second-order valence-corrected chi connectivity index (χ2v) is 10.5. The van der Waals surface area contributed by atoms with Gasteiger partial charge >= 0.3 is 0 Å². The summed E-state index contributed by atoms with van der Waals surface area (Å²) in [6.07, 6.45) is 15.4. The summed E-state index contributed by atoms with van der Waals surface area (Å²) in [5, 5.41) is 16.9. The van der Waals surface area contributed by atoms with Gasteiger partial charge in [0.2, 0.25) is 5.95 Å². The molecule has 2 aliphatic carbocycles. The zero-order valence-electron chi connectivity index (χ0n) is 21.6. The number of hydrogen-bond donors (Lipinski definition) is 3. The Morgan fingerprint density at radius 2 is 1.89 bits per heavy atom. The van der Waals surface area contributed by atoms with Crippen molar-refractivity contribution in [1.82, 2.24) is 19.9 Å². The minimum Gasteiger partial charge on any atom is -0.393 e. The van der Waals surface area contributed by atoms with Crippen LogP contribution in [0.3, 0.4) is 0 Å². The molecule has 190 valence electrons. The number of aliphatic hydroxyl groups excluding tert-OH is 1. The molecule has 0 saturated heterocycles. The van der Waals surface area contributed by atoms with Gasteiger partial charge < -0.3 is 20.6 Å². The molecule has 3 N–H and O–H groups in total. The third-order valence-electron chi connectivity index (χ3n) is 7.19. The quantitative estimate of drug-likeness (QED) is 0.404. The van der Waals surface area contributed by atoms with E-state index in [4.69, 9.17) is 9.97 Å². The Morgan fingerprint density at radius 3 is 2.54 bits per heavy atom. The summed E-state index contributed by atoms with van der Waals surface area (Å²) in [5.41, 5.74) is 4.43. The van der Waals surface area contributed by atoms with E-state index in [0.29, 0.717) is 12.0 Å². The van der Waals surface area contributed by atoms with Crippen LogP contribution in [0.25, 0.3) is 16.8 Å². The molecule has 2 aliphatic rings. The van der Waals surface area contributed by atoms with Gasteiger partial charge in [0.15, 0.2) is 0 Å². The molecule has 0 bridgehead atoms. The number of rotatable bonds is 10. The first-order valence-electron chi connectivity index (χ1n) is 13.4. The maximum absolute atomic E-state index is 9.90.